The molecule has 0 heterocycles. The Morgan fingerprint density at radius 2 is 1.43 bits per heavy atom. The topological polar surface area (TPSA) is 48.2 Å². The van der Waals surface area contributed by atoms with E-state index in [1.165, 1.54) is 12.5 Å². The summed E-state index contributed by atoms with van der Waals surface area (Å²) >= 11 is 0. The highest BCUT2D eigenvalue weighted by molar-refractivity contribution is 8.05. The van der Waals surface area contributed by atoms with Crippen molar-refractivity contribution in [2.75, 3.05) is 12.5 Å². The third kappa shape index (κ3) is 6.26. The molecule has 0 saturated heterocycles. The molecular formula is C2H6NO2S2-. The van der Waals surface area contributed by atoms with E-state index < -0.39 is 22.0 Å². The van der Waals surface area contributed by atoms with Gasteiger partial charge in [0.05, 0.1) is 0 Å². The molecule has 0 radical (unpaired) electrons. The van der Waals surface area contributed by atoms with E-state index in [-0.39, 0.29) is 0 Å². The molecule has 0 amide bonds. The van der Waals surface area contributed by atoms with Gasteiger partial charge in [-0.25, -0.2) is 0 Å². The Hall–Kier alpha value is 0.260. The Morgan fingerprint density at radius 1 is 1.14 bits per heavy atom. The minimum atomic E-state index is -1.27. The average Bonchev–Trinajstić information content (AvgIpc) is 1.27. The highest BCUT2D eigenvalue weighted by Gasteiger charge is 1.69. The van der Waals surface area contributed by atoms with Crippen molar-refractivity contribution in [3.05, 3.63) is 4.13 Å². The zero-order chi connectivity index (χ0) is 5.86. The molecule has 2 unspecified atom stereocenters. The minimum absolute atomic E-state index is 1.27. The molecule has 7 heavy (non-hydrogen) atoms. The van der Waals surface area contributed by atoms with E-state index in [2.05, 4.69) is 4.13 Å². The summed E-state index contributed by atoms with van der Waals surface area (Å²) in [6, 6.07) is 0. The van der Waals surface area contributed by atoms with Crippen molar-refractivity contribution >= 4 is 22.0 Å². The van der Waals surface area contributed by atoms with Gasteiger partial charge in [0.1, 0.15) is 0 Å². The second-order valence-corrected chi connectivity index (χ2v) is 3.21. The largest absolute Gasteiger partial charge is 0.491 e. The summed E-state index contributed by atoms with van der Waals surface area (Å²) in [5.74, 6) is 0. The van der Waals surface area contributed by atoms with Crippen LogP contribution in [0.25, 0.3) is 4.13 Å². The average molecular weight is 140 g/mol. The van der Waals surface area contributed by atoms with E-state index in [4.69, 9.17) is 0 Å². The van der Waals surface area contributed by atoms with Gasteiger partial charge in [0.15, 0.2) is 0 Å². The molecule has 2 atom stereocenters. The predicted molar refractivity (Wildman–Crippen MR) is 31.5 cm³/mol. The van der Waals surface area contributed by atoms with Crippen LogP contribution in [0.2, 0.25) is 0 Å². The van der Waals surface area contributed by atoms with E-state index in [1.807, 2.05) is 0 Å². The van der Waals surface area contributed by atoms with Crippen LogP contribution in [0.1, 0.15) is 0 Å². The lowest BCUT2D eigenvalue weighted by molar-refractivity contribution is 0.687. The fourth-order valence-electron chi connectivity index (χ4n) is 0.148. The molecule has 0 spiro atoms. The summed E-state index contributed by atoms with van der Waals surface area (Å²) < 4.78 is 23.2. The normalized spacial score (nSPS) is 18.6. The number of nitrogens with zero attached hydrogens (tertiary/aromatic N) is 1. The molecule has 0 N–H and O–H groups in total. The summed E-state index contributed by atoms with van der Waals surface area (Å²) in [6.07, 6.45) is 2.75. The molecule has 0 fully saturated rings. The van der Waals surface area contributed by atoms with E-state index >= 15 is 0 Å². The van der Waals surface area contributed by atoms with Gasteiger partial charge in [-0.15, -0.1) is 0 Å². The molecule has 44 valence electrons. The second kappa shape index (κ2) is 3.29. The van der Waals surface area contributed by atoms with Crippen LogP contribution in [0.15, 0.2) is 0 Å². The smallest absolute Gasteiger partial charge is 0.00641 e. The molecule has 0 aromatic heterocycles. The van der Waals surface area contributed by atoms with E-state index in [1.54, 1.807) is 0 Å². The van der Waals surface area contributed by atoms with Crippen LogP contribution >= 0.6 is 0 Å². The van der Waals surface area contributed by atoms with Gasteiger partial charge in [-0.3, -0.25) is 8.42 Å². The van der Waals surface area contributed by atoms with Crippen molar-refractivity contribution in [3.63, 3.8) is 0 Å². The first kappa shape index (κ1) is 7.26. The maximum atomic E-state index is 10.0. The van der Waals surface area contributed by atoms with Crippen LogP contribution in [-0.4, -0.2) is 20.9 Å². The van der Waals surface area contributed by atoms with Crippen molar-refractivity contribution in [3.8, 4) is 0 Å². The fourth-order valence-corrected chi connectivity index (χ4v) is 1.33. The molecule has 5 heteroatoms. The lowest BCUT2D eigenvalue weighted by Gasteiger charge is -2.08. The molecular weight excluding hydrogens is 134 g/mol. The van der Waals surface area contributed by atoms with E-state index in [9.17, 15) is 8.42 Å². The van der Waals surface area contributed by atoms with Crippen LogP contribution < -0.4 is 0 Å². The van der Waals surface area contributed by atoms with Crippen molar-refractivity contribution in [1.29, 1.82) is 0 Å². The van der Waals surface area contributed by atoms with Gasteiger partial charge in [-0.2, -0.15) is 0 Å². The minimum Gasteiger partial charge on any atom is -0.491 e. The first-order valence-electron chi connectivity index (χ1n) is 1.51. The molecule has 3 nitrogen and oxygen atoms in total. The van der Waals surface area contributed by atoms with Gasteiger partial charge in [0, 0.05) is 0 Å². The Balaban J connectivity index is 3.32. The monoisotopic (exact) mass is 140 g/mol. The molecule has 0 aliphatic heterocycles. The maximum Gasteiger partial charge on any atom is -0.00641 e. The number of hydrogen-bond donors (Lipinski definition) is 0. The molecule has 0 aromatic carbocycles. The Morgan fingerprint density at radius 3 is 1.43 bits per heavy atom. The van der Waals surface area contributed by atoms with Gasteiger partial charge >= 0.3 is 0 Å². The van der Waals surface area contributed by atoms with Gasteiger partial charge in [-0.1, -0.05) is 22.0 Å². The quantitative estimate of drug-likeness (QED) is 0.540. The molecule has 0 aromatic rings. The van der Waals surface area contributed by atoms with Crippen LogP contribution in [-0.2, 0) is 22.0 Å². The Kier molecular flexibility index (Phi) is 3.41. The first-order chi connectivity index (χ1) is 3.13. The Bertz CT molecular complexity index is 89.9. The van der Waals surface area contributed by atoms with Gasteiger partial charge < -0.3 is 4.13 Å². The lowest BCUT2D eigenvalue weighted by Crippen LogP contribution is -1.86. The fraction of sp³-hybridized carbons (Fsp3) is 1.00. The number of rotatable bonds is 2. The zero-order valence-corrected chi connectivity index (χ0v) is 5.71. The highest BCUT2D eigenvalue weighted by atomic mass is 32.3. The van der Waals surface area contributed by atoms with Gasteiger partial charge in [0.2, 0.25) is 0 Å². The van der Waals surface area contributed by atoms with Gasteiger partial charge in [0.25, 0.3) is 0 Å². The predicted octanol–water partition coefficient (Wildman–Crippen LogP) is -0.0529. The Labute approximate surface area is 47.7 Å². The zero-order valence-electron chi connectivity index (χ0n) is 4.08. The lowest BCUT2D eigenvalue weighted by atomic mass is 12.0. The maximum absolute atomic E-state index is 10.0. The van der Waals surface area contributed by atoms with E-state index in [0.717, 1.165) is 0 Å². The SMILES string of the molecule is CS(=O)[N-]S(C)=O. The van der Waals surface area contributed by atoms with Crippen molar-refractivity contribution in [1.82, 2.24) is 0 Å². The van der Waals surface area contributed by atoms with Gasteiger partial charge in [-0.05, 0) is 12.5 Å². The van der Waals surface area contributed by atoms with Crippen molar-refractivity contribution in [2.24, 2.45) is 0 Å². The molecule has 0 aliphatic rings. The standard InChI is InChI=1S/C2H6NO2S2/c1-6(4)3-7(2)5/h1-2H3/q-1. The van der Waals surface area contributed by atoms with Crippen molar-refractivity contribution in [2.45, 2.75) is 0 Å². The van der Waals surface area contributed by atoms with E-state index in [0.29, 0.717) is 0 Å². The molecule has 0 bridgehead atoms. The summed E-state index contributed by atoms with van der Waals surface area (Å²) in [5, 5.41) is 0. The summed E-state index contributed by atoms with van der Waals surface area (Å²) in [5.41, 5.74) is 0. The summed E-state index contributed by atoms with van der Waals surface area (Å²) in [6.45, 7) is 0. The van der Waals surface area contributed by atoms with Crippen molar-refractivity contribution < 1.29 is 8.42 Å². The first-order valence-corrected chi connectivity index (χ1v) is 4.54. The molecule has 0 aliphatic carbocycles. The molecule has 0 rings (SSSR count). The summed E-state index contributed by atoms with van der Waals surface area (Å²) in [7, 11) is -2.54. The summed E-state index contributed by atoms with van der Waals surface area (Å²) in [4.78, 5) is 0. The molecule has 0 saturated carbocycles. The third-order valence-corrected chi connectivity index (χ3v) is 1.89. The third-order valence-electron chi connectivity index (χ3n) is 0.210. The van der Waals surface area contributed by atoms with Crippen LogP contribution in [0.3, 0.4) is 0 Å². The highest BCUT2D eigenvalue weighted by Crippen LogP contribution is 1.92. The van der Waals surface area contributed by atoms with Crippen LogP contribution in [0, 0.1) is 0 Å². The second-order valence-electron chi connectivity index (χ2n) is 0.922. The van der Waals surface area contributed by atoms with Crippen LogP contribution in [0.4, 0.5) is 0 Å². The van der Waals surface area contributed by atoms with Crippen LogP contribution in [0.5, 0.6) is 0 Å². The number of hydrogen-bond acceptors (Lipinski definition) is 2.